The number of halogens is 1. The van der Waals surface area contributed by atoms with Crippen molar-refractivity contribution in [3.05, 3.63) is 88.7 Å². The molecular formula is C26H19FN8O2S. The van der Waals surface area contributed by atoms with Crippen molar-refractivity contribution in [3.8, 4) is 22.0 Å². The minimum atomic E-state index is -1.17. The Bertz CT molecular complexity index is 1680. The number of carbonyl (C=O) groups excluding carboxylic acids is 1. The van der Waals surface area contributed by atoms with Gasteiger partial charge in [-0.3, -0.25) is 4.79 Å². The van der Waals surface area contributed by atoms with Gasteiger partial charge in [-0.05, 0) is 19.9 Å². The zero-order valence-electron chi connectivity index (χ0n) is 20.1. The molecule has 1 atom stereocenters. The van der Waals surface area contributed by atoms with Gasteiger partial charge < -0.3 is 15.1 Å². The molecule has 2 N–H and O–H groups in total. The maximum Gasteiger partial charge on any atom is 0.317 e. The summed E-state index contributed by atoms with van der Waals surface area (Å²) < 4.78 is 20.6. The van der Waals surface area contributed by atoms with E-state index in [2.05, 4.69) is 40.8 Å². The summed E-state index contributed by atoms with van der Waals surface area (Å²) >= 11 is 1.45. The number of anilines is 2. The lowest BCUT2D eigenvalue weighted by molar-refractivity contribution is -0.116. The first-order valence-electron chi connectivity index (χ1n) is 11.6. The number of aryl methyl sites for hydroxylation is 2. The molecule has 0 fully saturated rings. The lowest BCUT2D eigenvalue weighted by Gasteiger charge is -2.11. The monoisotopic (exact) mass is 526 g/mol. The van der Waals surface area contributed by atoms with Gasteiger partial charge in [0.1, 0.15) is 17.3 Å². The smallest absolute Gasteiger partial charge is 0.317 e. The third kappa shape index (κ3) is 4.41. The second-order valence-corrected chi connectivity index (χ2v) is 9.59. The molecule has 12 heteroatoms. The van der Waals surface area contributed by atoms with E-state index in [1.54, 1.807) is 31.5 Å². The van der Waals surface area contributed by atoms with E-state index in [0.29, 0.717) is 22.8 Å². The Labute approximate surface area is 219 Å². The Balaban J connectivity index is 1.35. The summed E-state index contributed by atoms with van der Waals surface area (Å²) in [5.74, 6) is -0.334. The highest BCUT2D eigenvalue weighted by atomic mass is 32.1. The number of thiazole rings is 1. The number of para-hydroxylation sites is 1. The molecule has 0 saturated carbocycles. The van der Waals surface area contributed by atoms with Gasteiger partial charge in [0.25, 0.3) is 11.8 Å². The lowest BCUT2D eigenvalue weighted by atomic mass is 10.0. The van der Waals surface area contributed by atoms with Crippen molar-refractivity contribution in [2.45, 2.75) is 20.0 Å². The average Bonchev–Trinajstić information content (AvgIpc) is 3.51. The molecule has 10 nitrogen and oxygen atoms in total. The fourth-order valence-corrected chi connectivity index (χ4v) is 4.88. The second kappa shape index (κ2) is 9.56. The Morgan fingerprint density at radius 3 is 2.58 bits per heavy atom. The molecule has 1 aliphatic heterocycles. The second-order valence-electron chi connectivity index (χ2n) is 8.38. The number of nitrogens with one attached hydrogen (secondary N) is 2. The lowest BCUT2D eigenvalue weighted by Crippen LogP contribution is -2.32. The number of aromatic nitrogens is 5. The number of benzodiazepines with no additional fused rings is 1. The molecule has 6 rings (SSSR count). The first-order chi connectivity index (χ1) is 18.5. The molecule has 0 unspecified atom stereocenters. The molecule has 0 spiro atoms. The summed E-state index contributed by atoms with van der Waals surface area (Å²) in [5, 5.41) is 14.5. The van der Waals surface area contributed by atoms with Crippen LogP contribution in [-0.4, -0.2) is 42.9 Å². The van der Waals surface area contributed by atoms with Crippen LogP contribution in [0.15, 0.2) is 70.3 Å². The summed E-state index contributed by atoms with van der Waals surface area (Å²) in [4.78, 5) is 31.6. The largest absolute Gasteiger partial charge is 0.402 e. The van der Waals surface area contributed by atoms with Gasteiger partial charge in [-0.25, -0.2) is 24.3 Å². The Morgan fingerprint density at radius 2 is 1.79 bits per heavy atom. The number of aliphatic imine (C=N–C) groups is 1. The van der Waals surface area contributed by atoms with Crippen molar-refractivity contribution in [1.82, 2.24) is 25.1 Å². The van der Waals surface area contributed by atoms with Gasteiger partial charge in [-0.1, -0.05) is 47.6 Å². The van der Waals surface area contributed by atoms with E-state index in [4.69, 9.17) is 4.42 Å². The van der Waals surface area contributed by atoms with Crippen molar-refractivity contribution in [1.29, 1.82) is 0 Å². The van der Waals surface area contributed by atoms with Crippen molar-refractivity contribution >= 4 is 34.7 Å². The topological polar surface area (TPSA) is 131 Å². The third-order valence-electron chi connectivity index (χ3n) is 5.74. The highest BCUT2D eigenvalue weighted by Gasteiger charge is 2.29. The summed E-state index contributed by atoms with van der Waals surface area (Å²) in [5.41, 5.74) is 2.92. The third-order valence-corrected chi connectivity index (χ3v) is 6.76. The highest BCUT2D eigenvalue weighted by Crippen LogP contribution is 2.36. The van der Waals surface area contributed by atoms with E-state index < -0.39 is 17.9 Å². The molecule has 188 valence electrons. The summed E-state index contributed by atoms with van der Waals surface area (Å²) in [6.07, 6.45) is 2.24. The number of hydrogen-bond donors (Lipinski definition) is 2. The van der Waals surface area contributed by atoms with Gasteiger partial charge in [-0.2, -0.15) is 0 Å². The van der Waals surface area contributed by atoms with Crippen LogP contribution in [0, 0.1) is 19.7 Å². The quantitative estimate of drug-likeness (QED) is 0.339. The SMILES string of the molecule is Cc1ncc(-c2sc(C)nc2-c2nnc(N[C@@H]3N=C(c4ccccc4)c4cccc(F)c4NC3=O)o2)cn1. The zero-order chi connectivity index (χ0) is 26.2. The van der Waals surface area contributed by atoms with Gasteiger partial charge in [0.15, 0.2) is 0 Å². The summed E-state index contributed by atoms with van der Waals surface area (Å²) in [7, 11) is 0. The molecule has 5 aromatic rings. The Kier molecular flexibility index (Phi) is 5.92. The van der Waals surface area contributed by atoms with E-state index in [1.807, 2.05) is 37.3 Å². The molecule has 0 radical (unpaired) electrons. The van der Waals surface area contributed by atoms with Crippen LogP contribution in [0.3, 0.4) is 0 Å². The van der Waals surface area contributed by atoms with Crippen LogP contribution in [0.5, 0.6) is 0 Å². The maximum atomic E-state index is 14.7. The number of carbonyl (C=O) groups is 1. The fourth-order valence-electron chi connectivity index (χ4n) is 3.99. The number of benzene rings is 2. The van der Waals surface area contributed by atoms with Crippen LogP contribution in [0.4, 0.5) is 16.1 Å². The van der Waals surface area contributed by atoms with Crippen LogP contribution in [0.2, 0.25) is 0 Å². The number of rotatable bonds is 5. The number of hydrogen-bond acceptors (Lipinski definition) is 10. The van der Waals surface area contributed by atoms with Crippen molar-refractivity contribution in [2.24, 2.45) is 4.99 Å². The van der Waals surface area contributed by atoms with E-state index in [-0.39, 0.29) is 17.6 Å². The average molecular weight is 527 g/mol. The highest BCUT2D eigenvalue weighted by molar-refractivity contribution is 7.15. The Morgan fingerprint density at radius 1 is 1.00 bits per heavy atom. The standard InChI is InChI=1S/C26H19FN8O2S/c1-13-28-11-16(12-29-13)22-21(30-14(2)38-22)25-34-35-26(37-25)33-23-24(36)32-20-17(9-6-10-18(20)27)19(31-23)15-7-4-3-5-8-15/h3-12,23H,1-2H3,(H,32,36)(H,33,35)/t23-/m0/s1. The van der Waals surface area contributed by atoms with Gasteiger partial charge in [-0.15, -0.1) is 16.4 Å². The summed E-state index contributed by atoms with van der Waals surface area (Å²) in [6, 6.07) is 13.8. The van der Waals surface area contributed by atoms with Gasteiger partial charge >= 0.3 is 6.01 Å². The first kappa shape index (κ1) is 23.6. The molecule has 2 aromatic carbocycles. The molecule has 3 aromatic heterocycles. The minimum absolute atomic E-state index is 0.0421. The number of nitrogens with zero attached hydrogens (tertiary/aromatic N) is 6. The van der Waals surface area contributed by atoms with Crippen LogP contribution in [0.25, 0.3) is 22.0 Å². The predicted molar refractivity (Wildman–Crippen MR) is 140 cm³/mol. The first-order valence-corrected chi connectivity index (χ1v) is 12.4. The zero-order valence-corrected chi connectivity index (χ0v) is 21.0. The van der Waals surface area contributed by atoms with E-state index in [0.717, 1.165) is 21.0 Å². The van der Waals surface area contributed by atoms with E-state index in [9.17, 15) is 9.18 Å². The molecule has 1 aliphatic rings. The van der Waals surface area contributed by atoms with E-state index >= 15 is 0 Å². The van der Waals surface area contributed by atoms with Gasteiger partial charge in [0, 0.05) is 29.1 Å². The number of fused-ring (bicyclic) bond motifs is 1. The fraction of sp³-hybridized carbons (Fsp3) is 0.115. The van der Waals surface area contributed by atoms with Crippen LogP contribution in [0.1, 0.15) is 22.0 Å². The van der Waals surface area contributed by atoms with Gasteiger partial charge in [0.05, 0.1) is 21.3 Å². The van der Waals surface area contributed by atoms with E-state index in [1.165, 1.54) is 17.4 Å². The minimum Gasteiger partial charge on any atom is -0.402 e. The normalized spacial score (nSPS) is 14.9. The van der Waals surface area contributed by atoms with Crippen molar-refractivity contribution in [2.75, 3.05) is 10.6 Å². The molecular weight excluding hydrogens is 507 g/mol. The molecule has 0 aliphatic carbocycles. The van der Waals surface area contributed by atoms with Crippen molar-refractivity contribution in [3.63, 3.8) is 0 Å². The molecule has 4 heterocycles. The van der Waals surface area contributed by atoms with Gasteiger partial charge in [0.2, 0.25) is 6.17 Å². The molecule has 0 bridgehead atoms. The molecule has 38 heavy (non-hydrogen) atoms. The summed E-state index contributed by atoms with van der Waals surface area (Å²) in [6.45, 7) is 3.68. The molecule has 1 amide bonds. The Hall–Kier alpha value is -4.84. The number of amides is 1. The van der Waals surface area contributed by atoms with Crippen LogP contribution >= 0.6 is 11.3 Å². The molecule has 0 saturated heterocycles. The maximum absolute atomic E-state index is 14.7. The van der Waals surface area contributed by atoms with Crippen LogP contribution < -0.4 is 10.6 Å². The van der Waals surface area contributed by atoms with Crippen LogP contribution in [-0.2, 0) is 4.79 Å². The van der Waals surface area contributed by atoms with Crippen molar-refractivity contribution < 1.29 is 13.6 Å². The predicted octanol–water partition coefficient (Wildman–Crippen LogP) is 4.63.